The molecule has 0 aliphatic heterocycles. The zero-order valence-electron chi connectivity index (χ0n) is 9.97. The number of aromatic nitrogens is 2. The minimum Gasteiger partial charge on any atom is -0.439 e. The number of rotatable bonds is 3. The van der Waals surface area contributed by atoms with Gasteiger partial charge in [0, 0.05) is 17.4 Å². The maximum Gasteiger partial charge on any atom is 0.222 e. The third-order valence-electron chi connectivity index (χ3n) is 2.33. The lowest BCUT2D eigenvalue weighted by molar-refractivity contribution is 0.458. The minimum absolute atomic E-state index is 0.569. The smallest absolute Gasteiger partial charge is 0.222 e. The van der Waals surface area contributed by atoms with Crippen LogP contribution in [0.5, 0.6) is 11.6 Å². The van der Waals surface area contributed by atoms with Crippen molar-refractivity contribution in [3.05, 3.63) is 41.9 Å². The molecule has 1 aromatic carbocycles. The van der Waals surface area contributed by atoms with Crippen molar-refractivity contribution in [3.8, 4) is 11.6 Å². The van der Waals surface area contributed by atoms with Gasteiger partial charge in [0.15, 0.2) is 0 Å². The molecule has 2 aromatic rings. The van der Waals surface area contributed by atoms with E-state index in [-0.39, 0.29) is 0 Å². The Morgan fingerprint density at radius 3 is 2.53 bits per heavy atom. The largest absolute Gasteiger partial charge is 0.439 e. The molecule has 0 fully saturated rings. The van der Waals surface area contributed by atoms with Crippen LogP contribution in [0.2, 0.25) is 0 Å². The summed E-state index contributed by atoms with van der Waals surface area (Å²) >= 11 is 0. The van der Waals surface area contributed by atoms with E-state index in [2.05, 4.69) is 16.9 Å². The number of nitrogens with two attached hydrogens (primary N) is 1. The molecule has 0 bridgehead atoms. The molecular weight excluding hydrogens is 214 g/mol. The number of aryl methyl sites for hydroxylation is 2. The monoisotopic (exact) mass is 229 g/mol. The summed E-state index contributed by atoms with van der Waals surface area (Å²) in [6.07, 6.45) is 0.863. The Morgan fingerprint density at radius 1 is 1.18 bits per heavy atom. The van der Waals surface area contributed by atoms with Gasteiger partial charge in [0.05, 0.1) is 0 Å². The minimum atomic E-state index is 0.569. The number of benzene rings is 1. The highest BCUT2D eigenvalue weighted by Crippen LogP contribution is 2.21. The summed E-state index contributed by atoms with van der Waals surface area (Å²) < 4.78 is 5.65. The van der Waals surface area contributed by atoms with Crippen LogP contribution in [0.15, 0.2) is 30.3 Å². The van der Waals surface area contributed by atoms with Crippen LogP contribution in [0.4, 0.5) is 5.69 Å². The molecule has 0 radical (unpaired) electrons. The molecule has 88 valence electrons. The Morgan fingerprint density at radius 2 is 1.88 bits per heavy atom. The van der Waals surface area contributed by atoms with Crippen LogP contribution in [-0.4, -0.2) is 9.97 Å². The number of hydrogen-bond acceptors (Lipinski definition) is 4. The van der Waals surface area contributed by atoms with E-state index in [1.807, 2.05) is 25.1 Å². The molecule has 0 aliphatic rings. The fourth-order valence-corrected chi connectivity index (χ4v) is 1.49. The van der Waals surface area contributed by atoms with Gasteiger partial charge in [0.1, 0.15) is 11.6 Å². The molecule has 0 spiro atoms. The summed E-state index contributed by atoms with van der Waals surface area (Å²) in [6, 6.07) is 9.08. The summed E-state index contributed by atoms with van der Waals surface area (Å²) in [7, 11) is 0. The van der Waals surface area contributed by atoms with E-state index in [9.17, 15) is 0 Å². The Balaban J connectivity index is 2.23. The predicted octanol–water partition coefficient (Wildman–Crippen LogP) is 2.72. The fourth-order valence-electron chi connectivity index (χ4n) is 1.49. The Bertz CT molecular complexity index is 509. The molecule has 4 nitrogen and oxygen atoms in total. The zero-order chi connectivity index (χ0) is 12.3. The van der Waals surface area contributed by atoms with E-state index in [1.165, 1.54) is 0 Å². The normalized spacial score (nSPS) is 10.2. The summed E-state index contributed by atoms with van der Waals surface area (Å²) in [5.74, 6) is 2.01. The van der Waals surface area contributed by atoms with Crippen molar-refractivity contribution >= 4 is 5.69 Å². The standard InChI is InChI=1S/C13H15N3O/c1-3-11-8-13(16-9(2)15-11)17-12-6-4-10(14)5-7-12/h4-8H,3,14H2,1-2H3. The topological polar surface area (TPSA) is 61.0 Å². The molecule has 0 aliphatic carbocycles. The molecule has 1 heterocycles. The summed E-state index contributed by atoms with van der Waals surface area (Å²) in [5, 5.41) is 0. The lowest BCUT2D eigenvalue weighted by Gasteiger charge is -2.07. The first-order valence-corrected chi connectivity index (χ1v) is 5.55. The second-order valence-corrected chi connectivity index (χ2v) is 3.77. The second-order valence-electron chi connectivity index (χ2n) is 3.77. The van der Waals surface area contributed by atoms with Crippen molar-refractivity contribution in [3.63, 3.8) is 0 Å². The van der Waals surface area contributed by atoms with Crippen molar-refractivity contribution in [1.29, 1.82) is 0 Å². The molecule has 0 amide bonds. The van der Waals surface area contributed by atoms with Gasteiger partial charge >= 0.3 is 0 Å². The third-order valence-corrected chi connectivity index (χ3v) is 2.33. The molecule has 17 heavy (non-hydrogen) atoms. The van der Waals surface area contributed by atoms with Gasteiger partial charge in [0.2, 0.25) is 5.88 Å². The number of nitrogen functional groups attached to an aromatic ring is 1. The molecule has 1 aromatic heterocycles. The quantitative estimate of drug-likeness (QED) is 0.822. The number of hydrogen-bond donors (Lipinski definition) is 1. The molecule has 0 unspecified atom stereocenters. The average molecular weight is 229 g/mol. The second kappa shape index (κ2) is 4.82. The van der Waals surface area contributed by atoms with Crippen LogP contribution < -0.4 is 10.5 Å². The zero-order valence-corrected chi connectivity index (χ0v) is 9.97. The van der Waals surface area contributed by atoms with Gasteiger partial charge in [-0.2, -0.15) is 4.98 Å². The van der Waals surface area contributed by atoms with E-state index < -0.39 is 0 Å². The molecule has 2 rings (SSSR count). The van der Waals surface area contributed by atoms with Gasteiger partial charge < -0.3 is 10.5 Å². The Hall–Kier alpha value is -2.10. The van der Waals surface area contributed by atoms with Gasteiger partial charge in [-0.3, -0.25) is 0 Å². The molecule has 0 saturated heterocycles. The van der Waals surface area contributed by atoms with E-state index >= 15 is 0 Å². The summed E-state index contributed by atoms with van der Waals surface area (Å²) in [6.45, 7) is 3.91. The number of nitrogens with zero attached hydrogens (tertiary/aromatic N) is 2. The van der Waals surface area contributed by atoms with Crippen LogP contribution in [0.3, 0.4) is 0 Å². The Labute approximate surface area is 100 Å². The van der Waals surface area contributed by atoms with Crippen molar-refractivity contribution in [2.45, 2.75) is 20.3 Å². The first-order valence-electron chi connectivity index (χ1n) is 5.55. The number of ether oxygens (including phenoxy) is 1. The van der Waals surface area contributed by atoms with E-state index in [0.717, 1.165) is 23.7 Å². The lowest BCUT2D eigenvalue weighted by Crippen LogP contribution is -1.97. The van der Waals surface area contributed by atoms with Gasteiger partial charge in [-0.25, -0.2) is 4.98 Å². The van der Waals surface area contributed by atoms with Crippen molar-refractivity contribution < 1.29 is 4.74 Å². The van der Waals surface area contributed by atoms with E-state index in [0.29, 0.717) is 11.6 Å². The first kappa shape index (κ1) is 11.4. The van der Waals surface area contributed by atoms with Gasteiger partial charge in [-0.15, -0.1) is 0 Å². The van der Waals surface area contributed by atoms with Gasteiger partial charge in [-0.05, 0) is 37.6 Å². The number of anilines is 1. The molecular formula is C13H15N3O. The van der Waals surface area contributed by atoms with Gasteiger partial charge in [-0.1, -0.05) is 6.92 Å². The highest BCUT2D eigenvalue weighted by molar-refractivity contribution is 5.42. The molecule has 0 saturated carbocycles. The van der Waals surface area contributed by atoms with E-state index in [4.69, 9.17) is 10.5 Å². The van der Waals surface area contributed by atoms with Crippen molar-refractivity contribution in [2.75, 3.05) is 5.73 Å². The van der Waals surface area contributed by atoms with Gasteiger partial charge in [0.25, 0.3) is 0 Å². The van der Waals surface area contributed by atoms with Crippen LogP contribution in [0.25, 0.3) is 0 Å². The maximum atomic E-state index is 5.65. The SMILES string of the molecule is CCc1cc(Oc2ccc(N)cc2)nc(C)n1. The maximum absolute atomic E-state index is 5.65. The molecule has 4 heteroatoms. The lowest BCUT2D eigenvalue weighted by atomic mass is 10.3. The van der Waals surface area contributed by atoms with Crippen molar-refractivity contribution in [2.24, 2.45) is 0 Å². The van der Waals surface area contributed by atoms with Crippen LogP contribution in [0.1, 0.15) is 18.4 Å². The third kappa shape index (κ3) is 2.93. The van der Waals surface area contributed by atoms with Crippen LogP contribution in [-0.2, 0) is 6.42 Å². The average Bonchev–Trinajstić information content (AvgIpc) is 2.31. The van der Waals surface area contributed by atoms with Crippen LogP contribution >= 0.6 is 0 Å². The van der Waals surface area contributed by atoms with Crippen molar-refractivity contribution in [1.82, 2.24) is 9.97 Å². The fraction of sp³-hybridized carbons (Fsp3) is 0.231. The molecule has 2 N–H and O–H groups in total. The van der Waals surface area contributed by atoms with Crippen LogP contribution in [0, 0.1) is 6.92 Å². The summed E-state index contributed by atoms with van der Waals surface area (Å²) in [4.78, 5) is 8.53. The predicted molar refractivity (Wildman–Crippen MR) is 67.1 cm³/mol. The summed E-state index contributed by atoms with van der Waals surface area (Å²) in [5.41, 5.74) is 7.30. The highest BCUT2D eigenvalue weighted by atomic mass is 16.5. The molecule has 0 atom stereocenters. The Kier molecular flexibility index (Phi) is 3.23. The highest BCUT2D eigenvalue weighted by Gasteiger charge is 2.03. The van der Waals surface area contributed by atoms with E-state index in [1.54, 1.807) is 12.1 Å². The first-order chi connectivity index (χ1) is 8.17.